The number of aromatic nitrogens is 2. The Balaban J connectivity index is 2.19. The molecule has 1 aromatic heterocycles. The van der Waals surface area contributed by atoms with E-state index in [1.54, 1.807) is 6.20 Å². The third-order valence-corrected chi connectivity index (χ3v) is 3.47. The van der Waals surface area contributed by atoms with Crippen LogP contribution in [0.2, 0.25) is 5.28 Å². The van der Waals surface area contributed by atoms with Gasteiger partial charge in [0.15, 0.2) is 0 Å². The van der Waals surface area contributed by atoms with Crippen LogP contribution in [-0.4, -0.2) is 27.2 Å². The molecule has 1 aliphatic carbocycles. The molecule has 0 spiro atoms. The number of hydrogen-bond donors (Lipinski definition) is 2. The standard InChI is InChI=1S/C9H11BrClN3O/c10-6-4-12-8(11)13-7(6)14-9(5-15)2-1-3-9/h4,15H,1-3,5H2,(H,12,13,14). The van der Waals surface area contributed by atoms with Crippen LogP contribution in [0.3, 0.4) is 0 Å². The first-order valence-electron chi connectivity index (χ1n) is 4.72. The summed E-state index contributed by atoms with van der Waals surface area (Å²) in [5, 5.41) is 12.7. The molecule has 1 heterocycles. The van der Waals surface area contributed by atoms with Crippen molar-refractivity contribution in [3.8, 4) is 0 Å². The molecule has 0 radical (unpaired) electrons. The van der Waals surface area contributed by atoms with Gasteiger partial charge in [0.1, 0.15) is 5.82 Å². The van der Waals surface area contributed by atoms with Gasteiger partial charge in [0.05, 0.1) is 16.6 Å². The number of anilines is 1. The number of nitrogens with one attached hydrogen (secondary N) is 1. The second-order valence-corrected chi connectivity index (χ2v) is 4.94. The highest BCUT2D eigenvalue weighted by Gasteiger charge is 2.36. The van der Waals surface area contributed by atoms with Gasteiger partial charge in [0.2, 0.25) is 5.28 Å². The maximum absolute atomic E-state index is 9.30. The van der Waals surface area contributed by atoms with Gasteiger partial charge < -0.3 is 10.4 Å². The summed E-state index contributed by atoms with van der Waals surface area (Å²) in [5.41, 5.74) is -0.222. The van der Waals surface area contributed by atoms with Crippen LogP contribution in [-0.2, 0) is 0 Å². The summed E-state index contributed by atoms with van der Waals surface area (Å²) in [4.78, 5) is 7.92. The maximum Gasteiger partial charge on any atom is 0.224 e. The van der Waals surface area contributed by atoms with Crippen molar-refractivity contribution in [3.05, 3.63) is 16.0 Å². The van der Waals surface area contributed by atoms with Crippen molar-refractivity contribution < 1.29 is 5.11 Å². The molecule has 0 aliphatic heterocycles. The fraction of sp³-hybridized carbons (Fsp3) is 0.556. The molecule has 0 bridgehead atoms. The van der Waals surface area contributed by atoms with Crippen molar-refractivity contribution in [2.45, 2.75) is 24.8 Å². The van der Waals surface area contributed by atoms with Gasteiger partial charge in [-0.1, -0.05) is 0 Å². The number of nitrogens with zero attached hydrogens (tertiary/aromatic N) is 2. The molecule has 0 unspecified atom stereocenters. The van der Waals surface area contributed by atoms with Crippen LogP contribution in [0.1, 0.15) is 19.3 Å². The number of aliphatic hydroxyl groups is 1. The fourth-order valence-electron chi connectivity index (χ4n) is 1.61. The molecule has 1 saturated carbocycles. The molecule has 0 amide bonds. The van der Waals surface area contributed by atoms with Gasteiger partial charge in [0, 0.05) is 6.20 Å². The molecule has 1 aliphatic rings. The van der Waals surface area contributed by atoms with Gasteiger partial charge in [-0.2, -0.15) is 4.98 Å². The Morgan fingerprint density at radius 3 is 2.87 bits per heavy atom. The quantitative estimate of drug-likeness (QED) is 0.839. The van der Waals surface area contributed by atoms with Crippen LogP contribution in [0.25, 0.3) is 0 Å². The molecule has 2 rings (SSSR count). The van der Waals surface area contributed by atoms with Gasteiger partial charge in [-0.05, 0) is 46.8 Å². The number of halogens is 2. The van der Waals surface area contributed by atoms with Gasteiger partial charge in [-0.15, -0.1) is 0 Å². The number of hydrogen-bond acceptors (Lipinski definition) is 4. The van der Waals surface area contributed by atoms with E-state index in [4.69, 9.17) is 11.6 Å². The van der Waals surface area contributed by atoms with Crippen LogP contribution < -0.4 is 5.32 Å². The molecule has 1 fully saturated rings. The van der Waals surface area contributed by atoms with E-state index >= 15 is 0 Å². The number of rotatable bonds is 3. The van der Waals surface area contributed by atoms with Crippen LogP contribution in [0, 0.1) is 0 Å². The van der Waals surface area contributed by atoms with E-state index in [2.05, 4.69) is 31.2 Å². The van der Waals surface area contributed by atoms with Crippen molar-refractivity contribution >= 4 is 33.3 Å². The molecule has 0 atom stereocenters. The summed E-state index contributed by atoms with van der Waals surface area (Å²) in [7, 11) is 0. The van der Waals surface area contributed by atoms with Crippen molar-refractivity contribution in [1.82, 2.24) is 9.97 Å². The van der Waals surface area contributed by atoms with Gasteiger partial charge in [-0.3, -0.25) is 0 Å². The van der Waals surface area contributed by atoms with Crippen LogP contribution in [0.15, 0.2) is 10.7 Å². The van der Waals surface area contributed by atoms with Crippen LogP contribution in [0.4, 0.5) is 5.82 Å². The van der Waals surface area contributed by atoms with E-state index in [-0.39, 0.29) is 17.4 Å². The largest absolute Gasteiger partial charge is 0.394 e. The highest BCUT2D eigenvalue weighted by Crippen LogP contribution is 2.36. The zero-order valence-corrected chi connectivity index (χ0v) is 10.3. The second kappa shape index (κ2) is 4.23. The summed E-state index contributed by atoms with van der Waals surface area (Å²) in [5.74, 6) is 0.642. The first-order valence-corrected chi connectivity index (χ1v) is 5.89. The van der Waals surface area contributed by atoms with Crippen molar-refractivity contribution in [2.75, 3.05) is 11.9 Å². The summed E-state index contributed by atoms with van der Waals surface area (Å²) >= 11 is 9.04. The van der Waals surface area contributed by atoms with Crippen LogP contribution >= 0.6 is 27.5 Å². The van der Waals surface area contributed by atoms with E-state index < -0.39 is 0 Å². The lowest BCUT2D eigenvalue weighted by Crippen LogP contribution is -2.48. The van der Waals surface area contributed by atoms with Gasteiger partial charge in [-0.25, -0.2) is 4.98 Å². The minimum Gasteiger partial charge on any atom is -0.394 e. The maximum atomic E-state index is 9.30. The molecule has 15 heavy (non-hydrogen) atoms. The summed E-state index contributed by atoms with van der Waals surface area (Å²) < 4.78 is 0.756. The third-order valence-electron chi connectivity index (χ3n) is 2.71. The van der Waals surface area contributed by atoms with E-state index in [0.717, 1.165) is 23.7 Å². The Bertz CT molecular complexity index is 365. The summed E-state index contributed by atoms with van der Waals surface area (Å²) in [6.07, 6.45) is 4.64. The van der Waals surface area contributed by atoms with Crippen molar-refractivity contribution in [1.29, 1.82) is 0 Å². The van der Waals surface area contributed by atoms with Crippen LogP contribution in [0.5, 0.6) is 0 Å². The average Bonchev–Trinajstić information content (AvgIpc) is 2.17. The smallest absolute Gasteiger partial charge is 0.224 e. The van der Waals surface area contributed by atoms with E-state index in [9.17, 15) is 5.11 Å². The molecular weight excluding hydrogens is 281 g/mol. The zero-order chi connectivity index (χ0) is 10.9. The predicted octanol–water partition coefficient (Wildman–Crippen LogP) is 2.22. The third kappa shape index (κ3) is 2.24. The van der Waals surface area contributed by atoms with Crippen molar-refractivity contribution in [2.24, 2.45) is 0 Å². The lowest BCUT2D eigenvalue weighted by atomic mass is 9.77. The molecule has 0 saturated heterocycles. The van der Waals surface area contributed by atoms with E-state index in [0.29, 0.717) is 5.82 Å². The second-order valence-electron chi connectivity index (χ2n) is 3.75. The summed E-state index contributed by atoms with van der Waals surface area (Å²) in [6.45, 7) is 0.112. The molecule has 6 heteroatoms. The number of aliphatic hydroxyl groups excluding tert-OH is 1. The van der Waals surface area contributed by atoms with Gasteiger partial charge in [0.25, 0.3) is 0 Å². The lowest BCUT2D eigenvalue weighted by Gasteiger charge is -2.41. The Labute approximate surface area is 101 Å². The molecule has 2 N–H and O–H groups in total. The SMILES string of the molecule is OCC1(Nc2nc(Cl)ncc2Br)CCC1. The fourth-order valence-corrected chi connectivity index (χ4v) is 2.03. The van der Waals surface area contributed by atoms with Crippen molar-refractivity contribution in [3.63, 3.8) is 0 Å². The van der Waals surface area contributed by atoms with E-state index in [1.165, 1.54) is 0 Å². The average molecular weight is 293 g/mol. The summed E-state index contributed by atoms with van der Waals surface area (Å²) in [6, 6.07) is 0. The lowest BCUT2D eigenvalue weighted by molar-refractivity contribution is 0.143. The molecule has 4 nitrogen and oxygen atoms in total. The van der Waals surface area contributed by atoms with Gasteiger partial charge >= 0.3 is 0 Å². The zero-order valence-electron chi connectivity index (χ0n) is 8.00. The monoisotopic (exact) mass is 291 g/mol. The molecular formula is C9H11BrClN3O. The topological polar surface area (TPSA) is 58.0 Å². The normalized spacial score (nSPS) is 18.3. The Kier molecular flexibility index (Phi) is 3.13. The van der Waals surface area contributed by atoms with E-state index in [1.807, 2.05) is 0 Å². The Morgan fingerprint density at radius 2 is 2.33 bits per heavy atom. The first-order chi connectivity index (χ1) is 7.15. The Morgan fingerprint density at radius 1 is 1.60 bits per heavy atom. The Hall–Kier alpha value is -0.390. The predicted molar refractivity (Wildman–Crippen MR) is 62.0 cm³/mol. The highest BCUT2D eigenvalue weighted by molar-refractivity contribution is 9.10. The molecule has 82 valence electrons. The molecule has 1 aromatic rings. The first kappa shape index (κ1) is 11.1. The molecule has 0 aromatic carbocycles. The minimum atomic E-state index is -0.222. The minimum absolute atomic E-state index is 0.112. The highest BCUT2D eigenvalue weighted by atomic mass is 79.9.